The number of halogens is 2. The van der Waals surface area contributed by atoms with E-state index in [1.165, 1.54) is 19.1 Å². The molecule has 0 unspecified atom stereocenters. The van der Waals surface area contributed by atoms with E-state index < -0.39 is 0 Å². The minimum Gasteiger partial charge on any atom is -0.349 e. The summed E-state index contributed by atoms with van der Waals surface area (Å²) in [7, 11) is 0. The Balaban J connectivity index is 2.22. The molecule has 2 rings (SSSR count). The Morgan fingerprint density at radius 2 is 2.18 bits per heavy atom. The molecule has 0 fully saturated rings. The maximum absolute atomic E-state index is 12.9. The molecule has 0 aliphatic rings. The van der Waals surface area contributed by atoms with Gasteiger partial charge in [0.15, 0.2) is 5.78 Å². The van der Waals surface area contributed by atoms with Crippen LogP contribution in [0.2, 0.25) is 5.02 Å². The highest BCUT2D eigenvalue weighted by Crippen LogP contribution is 2.18. The second-order valence-corrected chi connectivity index (χ2v) is 4.27. The first-order valence-corrected chi connectivity index (χ1v) is 5.54. The molecular formula is C13H11ClFNO. The van der Waals surface area contributed by atoms with Crippen LogP contribution in [0.3, 0.4) is 0 Å². The van der Waals surface area contributed by atoms with Gasteiger partial charge in [-0.1, -0.05) is 17.7 Å². The third-order valence-corrected chi connectivity index (χ3v) is 2.88. The summed E-state index contributed by atoms with van der Waals surface area (Å²) in [5.41, 5.74) is 1.47. The number of aromatic nitrogens is 1. The highest BCUT2D eigenvalue weighted by atomic mass is 35.5. The summed E-state index contributed by atoms with van der Waals surface area (Å²) in [6.45, 7) is 2.04. The lowest BCUT2D eigenvalue weighted by molar-refractivity contribution is 0.101. The summed E-state index contributed by atoms with van der Waals surface area (Å²) in [6, 6.07) is 6.05. The van der Waals surface area contributed by atoms with Crippen LogP contribution in [0, 0.1) is 5.82 Å². The van der Waals surface area contributed by atoms with Crippen molar-refractivity contribution in [1.82, 2.24) is 4.57 Å². The fourth-order valence-corrected chi connectivity index (χ4v) is 1.82. The van der Waals surface area contributed by atoms with E-state index in [-0.39, 0.29) is 11.6 Å². The third kappa shape index (κ3) is 2.74. The Morgan fingerprint density at radius 3 is 2.76 bits per heavy atom. The molecule has 0 saturated heterocycles. The number of ketones is 1. The predicted molar refractivity (Wildman–Crippen MR) is 64.9 cm³/mol. The molecule has 17 heavy (non-hydrogen) atoms. The first kappa shape index (κ1) is 11.9. The smallest absolute Gasteiger partial charge is 0.161 e. The van der Waals surface area contributed by atoms with Crippen molar-refractivity contribution in [2.45, 2.75) is 13.5 Å². The Morgan fingerprint density at radius 1 is 1.41 bits per heavy atom. The van der Waals surface area contributed by atoms with Crippen molar-refractivity contribution >= 4 is 17.4 Å². The summed E-state index contributed by atoms with van der Waals surface area (Å²) in [4.78, 5) is 11.1. The molecular weight excluding hydrogens is 241 g/mol. The van der Waals surface area contributed by atoms with Crippen LogP contribution in [0.15, 0.2) is 36.7 Å². The molecule has 1 aromatic heterocycles. The number of benzene rings is 1. The van der Waals surface area contributed by atoms with Gasteiger partial charge in [-0.15, -0.1) is 0 Å². The molecule has 1 heterocycles. The molecule has 88 valence electrons. The van der Waals surface area contributed by atoms with Gasteiger partial charge in [0.1, 0.15) is 5.82 Å². The Hall–Kier alpha value is -1.61. The average molecular weight is 252 g/mol. The molecule has 0 amide bonds. The number of hydrogen-bond donors (Lipinski definition) is 0. The third-order valence-electron chi connectivity index (χ3n) is 2.53. The second-order valence-electron chi connectivity index (χ2n) is 3.86. The van der Waals surface area contributed by atoms with Crippen LogP contribution < -0.4 is 0 Å². The van der Waals surface area contributed by atoms with Crippen molar-refractivity contribution in [1.29, 1.82) is 0 Å². The zero-order valence-corrected chi connectivity index (χ0v) is 10.0. The van der Waals surface area contributed by atoms with Gasteiger partial charge in [0.05, 0.1) is 0 Å². The molecule has 2 nitrogen and oxygen atoms in total. The summed E-state index contributed by atoms with van der Waals surface area (Å²) in [6.07, 6.45) is 3.55. The number of Topliss-reactive ketones (excluding diaryl/α,β-unsaturated/α-hetero) is 1. The van der Waals surface area contributed by atoms with Gasteiger partial charge >= 0.3 is 0 Å². The maximum Gasteiger partial charge on any atom is 0.161 e. The van der Waals surface area contributed by atoms with E-state index in [0.29, 0.717) is 17.1 Å². The van der Waals surface area contributed by atoms with Gasteiger partial charge in [0.25, 0.3) is 0 Å². The molecule has 0 atom stereocenters. The van der Waals surface area contributed by atoms with Crippen LogP contribution in [-0.4, -0.2) is 10.4 Å². The number of carbonyl (C=O) groups excluding carboxylic acids is 1. The van der Waals surface area contributed by atoms with E-state index in [2.05, 4.69) is 0 Å². The predicted octanol–water partition coefficient (Wildman–Crippen LogP) is 3.53. The van der Waals surface area contributed by atoms with Crippen molar-refractivity contribution in [3.63, 3.8) is 0 Å². The van der Waals surface area contributed by atoms with E-state index >= 15 is 0 Å². The van der Waals surface area contributed by atoms with Crippen LogP contribution in [0.1, 0.15) is 22.8 Å². The highest BCUT2D eigenvalue weighted by molar-refractivity contribution is 6.31. The first-order valence-electron chi connectivity index (χ1n) is 5.17. The zero-order valence-electron chi connectivity index (χ0n) is 9.28. The molecule has 0 bridgehead atoms. The minimum absolute atomic E-state index is 0.0222. The van der Waals surface area contributed by atoms with Crippen molar-refractivity contribution in [3.8, 4) is 0 Å². The van der Waals surface area contributed by atoms with E-state index in [4.69, 9.17) is 11.6 Å². The molecule has 0 radical (unpaired) electrons. The van der Waals surface area contributed by atoms with Crippen molar-refractivity contribution < 1.29 is 9.18 Å². The fourth-order valence-electron chi connectivity index (χ4n) is 1.59. The first-order chi connectivity index (χ1) is 8.06. The molecule has 0 saturated carbocycles. The Bertz CT molecular complexity index is 562. The summed E-state index contributed by atoms with van der Waals surface area (Å²) < 4.78 is 14.7. The summed E-state index contributed by atoms with van der Waals surface area (Å²) in [5.74, 6) is -0.329. The van der Waals surface area contributed by atoms with Crippen molar-refractivity contribution in [2.24, 2.45) is 0 Å². The molecule has 4 heteroatoms. The van der Waals surface area contributed by atoms with Crippen LogP contribution >= 0.6 is 11.6 Å². The number of hydrogen-bond acceptors (Lipinski definition) is 1. The summed E-state index contributed by atoms with van der Waals surface area (Å²) in [5, 5.41) is 0.392. The van der Waals surface area contributed by atoms with Crippen molar-refractivity contribution in [3.05, 3.63) is 58.6 Å². The fraction of sp³-hybridized carbons (Fsp3) is 0.154. The molecule has 0 aliphatic carbocycles. The van der Waals surface area contributed by atoms with E-state index in [1.54, 1.807) is 24.5 Å². The molecule has 0 spiro atoms. The van der Waals surface area contributed by atoms with Crippen LogP contribution in [0.5, 0.6) is 0 Å². The van der Waals surface area contributed by atoms with Crippen molar-refractivity contribution in [2.75, 3.05) is 0 Å². The SMILES string of the molecule is CC(=O)c1ccn(Cc2ccc(F)cc2Cl)c1. The summed E-state index contributed by atoms with van der Waals surface area (Å²) >= 11 is 5.93. The number of nitrogens with zero attached hydrogens (tertiary/aromatic N) is 1. The van der Waals surface area contributed by atoms with Gasteiger partial charge in [-0.2, -0.15) is 0 Å². The van der Waals surface area contributed by atoms with Gasteiger partial charge in [0.2, 0.25) is 0 Å². The largest absolute Gasteiger partial charge is 0.349 e. The number of carbonyl (C=O) groups is 1. The second kappa shape index (κ2) is 4.72. The quantitative estimate of drug-likeness (QED) is 0.765. The lowest BCUT2D eigenvalue weighted by atomic mass is 10.2. The van der Waals surface area contributed by atoms with E-state index in [0.717, 1.165) is 5.56 Å². The van der Waals surface area contributed by atoms with Crippen LogP contribution in [0.4, 0.5) is 4.39 Å². The van der Waals surface area contributed by atoms with Crippen LogP contribution in [-0.2, 0) is 6.54 Å². The monoisotopic (exact) mass is 251 g/mol. The minimum atomic E-state index is -0.351. The molecule has 0 N–H and O–H groups in total. The van der Waals surface area contributed by atoms with Gasteiger partial charge < -0.3 is 4.57 Å². The lowest BCUT2D eigenvalue weighted by Crippen LogP contribution is -1.98. The highest BCUT2D eigenvalue weighted by Gasteiger charge is 2.05. The normalized spacial score (nSPS) is 10.5. The number of rotatable bonds is 3. The lowest BCUT2D eigenvalue weighted by Gasteiger charge is -2.05. The molecule has 2 aromatic rings. The Labute approximate surface area is 104 Å². The molecule has 1 aromatic carbocycles. The van der Waals surface area contributed by atoms with Gasteiger partial charge in [-0.25, -0.2) is 4.39 Å². The molecule has 0 aliphatic heterocycles. The average Bonchev–Trinajstić information content (AvgIpc) is 2.71. The van der Waals surface area contributed by atoms with E-state index in [9.17, 15) is 9.18 Å². The maximum atomic E-state index is 12.9. The van der Waals surface area contributed by atoms with Gasteiger partial charge in [0, 0.05) is 29.5 Å². The van der Waals surface area contributed by atoms with Gasteiger partial charge in [-0.3, -0.25) is 4.79 Å². The van der Waals surface area contributed by atoms with Crippen LogP contribution in [0.25, 0.3) is 0 Å². The Kier molecular flexibility index (Phi) is 3.29. The topological polar surface area (TPSA) is 22.0 Å². The van der Waals surface area contributed by atoms with Gasteiger partial charge in [-0.05, 0) is 30.7 Å². The van der Waals surface area contributed by atoms with E-state index in [1.807, 2.05) is 4.57 Å². The zero-order chi connectivity index (χ0) is 12.4. The standard InChI is InChI=1S/C13H11ClFNO/c1-9(17)10-4-5-16(7-10)8-11-2-3-12(15)6-13(11)14/h2-7H,8H2,1H3.